The summed E-state index contributed by atoms with van der Waals surface area (Å²) < 4.78 is 0. The van der Waals surface area contributed by atoms with E-state index in [0.717, 1.165) is 25.9 Å². The van der Waals surface area contributed by atoms with E-state index in [0.29, 0.717) is 15.7 Å². The number of nitrogens with one attached hydrogen (secondary N) is 1. The van der Waals surface area contributed by atoms with Crippen molar-refractivity contribution in [1.29, 1.82) is 5.26 Å². The lowest BCUT2D eigenvalue weighted by Crippen LogP contribution is -2.26. The number of carbonyl (C=O) groups is 1. The Morgan fingerprint density at radius 3 is 2.62 bits per heavy atom. The van der Waals surface area contributed by atoms with E-state index in [1.807, 2.05) is 11.0 Å². The Balaban J connectivity index is 2.09. The van der Waals surface area contributed by atoms with Crippen LogP contribution in [0.1, 0.15) is 19.3 Å². The molecule has 1 heterocycles. The van der Waals surface area contributed by atoms with Crippen LogP contribution in [0.25, 0.3) is 0 Å². The molecule has 1 amide bonds. The Morgan fingerprint density at radius 2 is 2.00 bits per heavy atom. The van der Waals surface area contributed by atoms with Crippen molar-refractivity contribution in [2.75, 3.05) is 18.4 Å². The zero-order chi connectivity index (χ0) is 15.2. The van der Waals surface area contributed by atoms with Gasteiger partial charge >= 0.3 is 0 Å². The molecule has 4 nitrogen and oxygen atoms in total. The normalized spacial score (nSPS) is 15.5. The lowest BCUT2D eigenvalue weighted by Gasteiger charge is -2.25. The number of piperidine rings is 1. The fourth-order valence-corrected chi connectivity index (χ4v) is 2.60. The van der Waals surface area contributed by atoms with Gasteiger partial charge in [-0.15, -0.1) is 0 Å². The van der Waals surface area contributed by atoms with Crippen molar-refractivity contribution >= 4 is 34.8 Å². The maximum atomic E-state index is 12.1. The zero-order valence-electron chi connectivity index (χ0n) is 11.4. The molecule has 2 rings (SSSR count). The van der Waals surface area contributed by atoms with Gasteiger partial charge in [-0.2, -0.15) is 5.26 Å². The molecule has 0 radical (unpaired) electrons. The van der Waals surface area contributed by atoms with E-state index in [1.165, 1.54) is 6.42 Å². The second-order valence-electron chi connectivity index (χ2n) is 4.83. The Kier molecular flexibility index (Phi) is 5.49. The Morgan fingerprint density at radius 1 is 1.29 bits per heavy atom. The Hall–Kier alpha value is -1.70. The molecule has 0 atom stereocenters. The number of hydrogen-bond donors (Lipinski definition) is 1. The number of hydrogen-bond acceptors (Lipinski definition) is 3. The highest BCUT2D eigenvalue weighted by atomic mass is 35.5. The maximum Gasteiger partial charge on any atom is 0.267 e. The second kappa shape index (κ2) is 7.35. The van der Waals surface area contributed by atoms with E-state index in [4.69, 9.17) is 28.5 Å². The van der Waals surface area contributed by atoms with Crippen LogP contribution < -0.4 is 5.32 Å². The van der Waals surface area contributed by atoms with E-state index < -0.39 is 5.91 Å². The van der Waals surface area contributed by atoms with Gasteiger partial charge in [-0.05, 0) is 37.5 Å². The first-order valence-corrected chi connectivity index (χ1v) is 7.48. The highest BCUT2D eigenvalue weighted by molar-refractivity contribution is 6.36. The van der Waals surface area contributed by atoms with Gasteiger partial charge in [0.2, 0.25) is 0 Å². The molecule has 0 saturated carbocycles. The minimum atomic E-state index is -0.465. The van der Waals surface area contributed by atoms with Gasteiger partial charge in [-0.25, -0.2) is 0 Å². The maximum absolute atomic E-state index is 12.1. The summed E-state index contributed by atoms with van der Waals surface area (Å²) in [7, 11) is 0. The number of amides is 1. The molecule has 110 valence electrons. The van der Waals surface area contributed by atoms with Crippen LogP contribution in [-0.4, -0.2) is 23.9 Å². The first-order chi connectivity index (χ1) is 10.1. The third-order valence-corrected chi connectivity index (χ3v) is 3.79. The minimum Gasteiger partial charge on any atom is -0.376 e. The number of carbonyl (C=O) groups excluding carboxylic acids is 1. The molecule has 0 aromatic heterocycles. The molecular weight excluding hydrogens is 309 g/mol. The number of halogens is 2. The average molecular weight is 324 g/mol. The standard InChI is InChI=1S/C15H15Cl2N3O/c16-12-4-5-14(13(17)8-12)19-15(21)11(9-18)10-20-6-2-1-3-7-20/h4-5,8,10H,1-3,6-7H2,(H,19,21)/b11-10-. The zero-order valence-corrected chi connectivity index (χ0v) is 12.9. The summed E-state index contributed by atoms with van der Waals surface area (Å²) in [5, 5.41) is 12.6. The summed E-state index contributed by atoms with van der Waals surface area (Å²) in [6, 6.07) is 6.72. The SMILES string of the molecule is N#C/C(=C/N1CCCCC1)C(=O)Nc1ccc(Cl)cc1Cl. The smallest absolute Gasteiger partial charge is 0.267 e. The number of likely N-dealkylation sites (tertiary alicyclic amines) is 1. The summed E-state index contributed by atoms with van der Waals surface area (Å²) in [5.41, 5.74) is 0.508. The van der Waals surface area contributed by atoms with Gasteiger partial charge in [-0.1, -0.05) is 23.2 Å². The number of rotatable bonds is 3. The number of nitrogens with zero attached hydrogens (tertiary/aromatic N) is 2. The van der Waals surface area contributed by atoms with E-state index >= 15 is 0 Å². The van der Waals surface area contributed by atoms with Gasteiger partial charge in [0.15, 0.2) is 0 Å². The molecule has 0 aliphatic carbocycles. The van der Waals surface area contributed by atoms with Crippen LogP contribution in [0.5, 0.6) is 0 Å². The van der Waals surface area contributed by atoms with Gasteiger partial charge in [0.25, 0.3) is 5.91 Å². The predicted octanol–water partition coefficient (Wildman–Crippen LogP) is 3.83. The lowest BCUT2D eigenvalue weighted by molar-refractivity contribution is -0.112. The van der Waals surface area contributed by atoms with Gasteiger partial charge in [0.1, 0.15) is 11.6 Å². The molecule has 0 spiro atoms. The van der Waals surface area contributed by atoms with Crippen molar-refractivity contribution in [3.63, 3.8) is 0 Å². The highest BCUT2D eigenvalue weighted by Gasteiger charge is 2.14. The molecule has 1 aromatic rings. The molecule has 1 fully saturated rings. The third-order valence-electron chi connectivity index (χ3n) is 3.25. The molecular formula is C15H15Cl2N3O. The van der Waals surface area contributed by atoms with Crippen molar-refractivity contribution in [2.45, 2.75) is 19.3 Å². The molecule has 1 aliphatic rings. The van der Waals surface area contributed by atoms with Crippen molar-refractivity contribution in [3.05, 3.63) is 40.0 Å². The highest BCUT2D eigenvalue weighted by Crippen LogP contribution is 2.25. The predicted molar refractivity (Wildman–Crippen MR) is 84.2 cm³/mol. The molecule has 0 unspecified atom stereocenters. The molecule has 1 N–H and O–H groups in total. The van der Waals surface area contributed by atoms with Crippen LogP contribution in [-0.2, 0) is 4.79 Å². The first-order valence-electron chi connectivity index (χ1n) is 6.72. The van der Waals surface area contributed by atoms with Crippen LogP contribution in [0, 0.1) is 11.3 Å². The van der Waals surface area contributed by atoms with Crippen LogP contribution >= 0.6 is 23.2 Å². The Bertz CT molecular complexity index is 601. The van der Waals surface area contributed by atoms with Crippen molar-refractivity contribution in [3.8, 4) is 6.07 Å². The van der Waals surface area contributed by atoms with E-state index in [-0.39, 0.29) is 5.57 Å². The molecule has 0 bridgehead atoms. The molecule has 1 aliphatic heterocycles. The fraction of sp³-hybridized carbons (Fsp3) is 0.333. The van der Waals surface area contributed by atoms with Crippen molar-refractivity contribution in [1.82, 2.24) is 4.90 Å². The fourth-order valence-electron chi connectivity index (χ4n) is 2.15. The lowest BCUT2D eigenvalue weighted by atomic mass is 10.1. The van der Waals surface area contributed by atoms with Gasteiger partial charge < -0.3 is 10.2 Å². The van der Waals surface area contributed by atoms with Gasteiger partial charge in [-0.3, -0.25) is 4.79 Å². The first kappa shape index (κ1) is 15.7. The van der Waals surface area contributed by atoms with Crippen LogP contribution in [0.3, 0.4) is 0 Å². The quantitative estimate of drug-likeness (QED) is 0.679. The summed E-state index contributed by atoms with van der Waals surface area (Å²) in [4.78, 5) is 14.1. The minimum absolute atomic E-state index is 0.0721. The van der Waals surface area contributed by atoms with Crippen molar-refractivity contribution < 1.29 is 4.79 Å². The molecule has 1 aromatic carbocycles. The summed E-state index contributed by atoms with van der Waals surface area (Å²) in [6.45, 7) is 1.75. The second-order valence-corrected chi connectivity index (χ2v) is 5.67. The summed E-state index contributed by atoms with van der Waals surface area (Å²) >= 11 is 11.8. The van der Waals surface area contributed by atoms with Crippen molar-refractivity contribution in [2.24, 2.45) is 0 Å². The van der Waals surface area contributed by atoms with E-state index in [1.54, 1.807) is 24.4 Å². The van der Waals surface area contributed by atoms with E-state index in [9.17, 15) is 4.79 Å². The summed E-state index contributed by atoms with van der Waals surface area (Å²) in [6.07, 6.45) is 4.98. The topological polar surface area (TPSA) is 56.1 Å². The summed E-state index contributed by atoms with van der Waals surface area (Å²) in [5.74, 6) is -0.465. The van der Waals surface area contributed by atoms with Crippen LogP contribution in [0.4, 0.5) is 5.69 Å². The molecule has 1 saturated heterocycles. The largest absolute Gasteiger partial charge is 0.376 e. The monoisotopic (exact) mass is 323 g/mol. The number of anilines is 1. The van der Waals surface area contributed by atoms with Gasteiger partial charge in [0.05, 0.1) is 10.7 Å². The average Bonchev–Trinajstić information content (AvgIpc) is 2.48. The van der Waals surface area contributed by atoms with Crippen LogP contribution in [0.2, 0.25) is 10.0 Å². The molecule has 21 heavy (non-hydrogen) atoms. The number of nitriles is 1. The third kappa shape index (κ3) is 4.38. The number of benzene rings is 1. The van der Waals surface area contributed by atoms with Gasteiger partial charge in [0, 0.05) is 24.3 Å². The van der Waals surface area contributed by atoms with Crippen LogP contribution in [0.15, 0.2) is 30.0 Å². The Labute approximate surface area is 133 Å². The molecule has 6 heteroatoms. The van der Waals surface area contributed by atoms with E-state index in [2.05, 4.69) is 5.32 Å².